The highest BCUT2D eigenvalue weighted by atomic mass is 32.1. The predicted molar refractivity (Wildman–Crippen MR) is 89.4 cm³/mol. The first-order valence-corrected chi connectivity index (χ1v) is 8.46. The van der Waals surface area contributed by atoms with E-state index < -0.39 is 0 Å². The van der Waals surface area contributed by atoms with Crippen LogP contribution < -0.4 is 9.47 Å². The minimum atomic E-state index is 0.00838. The fourth-order valence-corrected chi connectivity index (χ4v) is 3.83. The summed E-state index contributed by atoms with van der Waals surface area (Å²) in [5, 5.41) is 0. The van der Waals surface area contributed by atoms with E-state index in [1.165, 1.54) is 11.3 Å². The highest BCUT2D eigenvalue weighted by molar-refractivity contribution is 7.11. The molecule has 1 aromatic heterocycles. The van der Waals surface area contributed by atoms with Gasteiger partial charge >= 0.3 is 0 Å². The lowest BCUT2D eigenvalue weighted by molar-refractivity contribution is 0.0738. The van der Waals surface area contributed by atoms with Crippen LogP contribution in [0, 0.1) is 6.92 Å². The molecule has 1 aromatic carbocycles. The molecule has 3 rings (SSSR count). The zero-order valence-electron chi connectivity index (χ0n) is 13.5. The first-order chi connectivity index (χ1) is 11.2. The molecule has 122 valence electrons. The standard InChI is InChI=1S/C17H20N2O3S/c1-11-16(23-10-18-11)17(20)19-8-4-5-14(19)13-9-12(21-2)6-7-15(13)22-3/h6-7,9-10,14H,4-5,8H2,1-3H3. The Morgan fingerprint density at radius 1 is 1.35 bits per heavy atom. The van der Waals surface area contributed by atoms with Crippen molar-refractivity contribution in [3.05, 3.63) is 39.8 Å². The Hall–Kier alpha value is -2.08. The summed E-state index contributed by atoms with van der Waals surface area (Å²) in [4.78, 5) is 19.7. The molecule has 5 nitrogen and oxygen atoms in total. The summed E-state index contributed by atoms with van der Waals surface area (Å²) in [7, 11) is 3.30. The normalized spacial score (nSPS) is 17.3. The summed E-state index contributed by atoms with van der Waals surface area (Å²) in [6, 6.07) is 5.74. The van der Waals surface area contributed by atoms with Crippen LogP contribution in [0.2, 0.25) is 0 Å². The number of hydrogen-bond donors (Lipinski definition) is 0. The van der Waals surface area contributed by atoms with Crippen molar-refractivity contribution in [3.8, 4) is 11.5 Å². The van der Waals surface area contributed by atoms with Crippen molar-refractivity contribution in [2.24, 2.45) is 0 Å². The molecular formula is C17H20N2O3S. The Morgan fingerprint density at radius 3 is 2.83 bits per heavy atom. The molecule has 0 saturated carbocycles. The van der Waals surface area contributed by atoms with Crippen LogP contribution >= 0.6 is 11.3 Å². The van der Waals surface area contributed by atoms with Crippen molar-refractivity contribution in [2.45, 2.75) is 25.8 Å². The van der Waals surface area contributed by atoms with Gasteiger partial charge in [0.1, 0.15) is 16.4 Å². The average Bonchev–Trinajstić information content (AvgIpc) is 3.22. The van der Waals surface area contributed by atoms with Gasteiger partial charge in [-0.2, -0.15) is 0 Å². The SMILES string of the molecule is COc1ccc(OC)c(C2CCCN2C(=O)c2scnc2C)c1. The fraction of sp³-hybridized carbons (Fsp3) is 0.412. The van der Waals surface area contributed by atoms with E-state index in [4.69, 9.17) is 9.47 Å². The molecule has 1 aliphatic heterocycles. The molecule has 0 radical (unpaired) electrons. The van der Waals surface area contributed by atoms with E-state index in [0.717, 1.165) is 47.0 Å². The topological polar surface area (TPSA) is 51.7 Å². The molecule has 23 heavy (non-hydrogen) atoms. The molecule has 0 N–H and O–H groups in total. The van der Waals surface area contributed by atoms with Crippen LogP contribution in [0.25, 0.3) is 0 Å². The maximum Gasteiger partial charge on any atom is 0.266 e. The fourth-order valence-electron chi connectivity index (χ4n) is 3.07. The maximum atomic E-state index is 12.9. The number of hydrogen-bond acceptors (Lipinski definition) is 5. The average molecular weight is 332 g/mol. The Balaban J connectivity index is 1.96. The molecule has 0 spiro atoms. The third-order valence-corrected chi connectivity index (χ3v) is 5.17. The van der Waals surface area contributed by atoms with Crippen LogP contribution in [0.1, 0.15) is 39.8 Å². The molecule has 2 aromatic rings. The zero-order chi connectivity index (χ0) is 16.4. The van der Waals surface area contributed by atoms with Gasteiger partial charge in [-0.3, -0.25) is 4.79 Å². The second-order valence-corrected chi connectivity index (χ2v) is 6.39. The number of methoxy groups -OCH3 is 2. The molecule has 2 heterocycles. The number of aryl methyl sites for hydroxylation is 1. The number of carbonyl (C=O) groups excluding carboxylic acids is 1. The highest BCUT2D eigenvalue weighted by Gasteiger charge is 2.33. The van der Waals surface area contributed by atoms with Gasteiger partial charge in [-0.1, -0.05) is 0 Å². The Labute approximate surface area is 139 Å². The molecule has 1 saturated heterocycles. The van der Waals surface area contributed by atoms with Gasteiger partial charge in [0.15, 0.2) is 0 Å². The quantitative estimate of drug-likeness (QED) is 0.860. The molecule has 1 aliphatic rings. The lowest BCUT2D eigenvalue weighted by Crippen LogP contribution is -2.30. The van der Waals surface area contributed by atoms with E-state index in [1.54, 1.807) is 19.7 Å². The molecule has 1 amide bonds. The van der Waals surface area contributed by atoms with Crippen molar-refractivity contribution < 1.29 is 14.3 Å². The highest BCUT2D eigenvalue weighted by Crippen LogP contribution is 2.40. The summed E-state index contributed by atoms with van der Waals surface area (Å²) in [5.41, 5.74) is 3.52. The van der Waals surface area contributed by atoms with Crippen LogP contribution in [0.15, 0.2) is 23.7 Å². The second-order valence-electron chi connectivity index (χ2n) is 5.53. The van der Waals surface area contributed by atoms with Crippen LogP contribution in [0.4, 0.5) is 0 Å². The summed E-state index contributed by atoms with van der Waals surface area (Å²) in [5.74, 6) is 1.61. The summed E-state index contributed by atoms with van der Waals surface area (Å²) < 4.78 is 10.8. The van der Waals surface area contributed by atoms with Gasteiger partial charge in [0, 0.05) is 12.1 Å². The van der Waals surface area contributed by atoms with Crippen LogP contribution in [0.3, 0.4) is 0 Å². The molecule has 1 fully saturated rings. The summed E-state index contributed by atoms with van der Waals surface area (Å²) in [6.07, 6.45) is 1.90. The van der Waals surface area contributed by atoms with Crippen LogP contribution in [-0.4, -0.2) is 36.6 Å². The van der Waals surface area contributed by atoms with Gasteiger partial charge in [-0.25, -0.2) is 4.98 Å². The number of ether oxygens (including phenoxy) is 2. The lowest BCUT2D eigenvalue weighted by Gasteiger charge is -2.26. The first-order valence-electron chi connectivity index (χ1n) is 7.58. The van der Waals surface area contributed by atoms with Gasteiger partial charge in [0.05, 0.1) is 31.5 Å². The number of carbonyl (C=O) groups is 1. The van der Waals surface area contributed by atoms with Crippen LogP contribution in [-0.2, 0) is 0 Å². The van der Waals surface area contributed by atoms with Crippen LogP contribution in [0.5, 0.6) is 11.5 Å². The molecular weight excluding hydrogens is 312 g/mol. The van der Waals surface area contributed by atoms with Gasteiger partial charge in [0.2, 0.25) is 0 Å². The Morgan fingerprint density at radius 2 is 2.17 bits per heavy atom. The molecule has 0 bridgehead atoms. The van der Waals surface area contributed by atoms with Crippen molar-refractivity contribution in [1.82, 2.24) is 9.88 Å². The monoisotopic (exact) mass is 332 g/mol. The maximum absolute atomic E-state index is 12.9. The minimum Gasteiger partial charge on any atom is -0.497 e. The molecule has 0 aliphatic carbocycles. The number of likely N-dealkylation sites (tertiary alicyclic amines) is 1. The number of thiazole rings is 1. The number of nitrogens with zero attached hydrogens (tertiary/aromatic N) is 2. The van der Waals surface area contributed by atoms with E-state index in [2.05, 4.69) is 4.98 Å². The lowest BCUT2D eigenvalue weighted by atomic mass is 10.0. The van der Waals surface area contributed by atoms with E-state index >= 15 is 0 Å². The smallest absolute Gasteiger partial charge is 0.266 e. The van der Waals surface area contributed by atoms with E-state index in [-0.39, 0.29) is 11.9 Å². The summed E-state index contributed by atoms with van der Waals surface area (Å²) in [6.45, 7) is 2.63. The Kier molecular flexibility index (Phi) is 4.52. The molecule has 1 unspecified atom stereocenters. The van der Waals surface area contributed by atoms with E-state index in [1.807, 2.05) is 30.0 Å². The van der Waals surface area contributed by atoms with Gasteiger partial charge in [-0.05, 0) is 38.0 Å². The van der Waals surface area contributed by atoms with Gasteiger partial charge < -0.3 is 14.4 Å². The van der Waals surface area contributed by atoms with Crippen molar-refractivity contribution in [3.63, 3.8) is 0 Å². The number of amides is 1. The Bertz CT molecular complexity index is 714. The van der Waals surface area contributed by atoms with E-state index in [0.29, 0.717) is 0 Å². The second kappa shape index (κ2) is 6.58. The summed E-state index contributed by atoms with van der Waals surface area (Å²) >= 11 is 1.40. The molecule has 1 atom stereocenters. The minimum absolute atomic E-state index is 0.00838. The molecule has 6 heteroatoms. The van der Waals surface area contributed by atoms with Crippen molar-refractivity contribution in [2.75, 3.05) is 20.8 Å². The number of rotatable bonds is 4. The van der Waals surface area contributed by atoms with E-state index in [9.17, 15) is 4.79 Å². The third kappa shape index (κ3) is 2.91. The number of aromatic nitrogens is 1. The zero-order valence-corrected chi connectivity index (χ0v) is 14.4. The van der Waals surface area contributed by atoms with Crippen molar-refractivity contribution in [1.29, 1.82) is 0 Å². The largest absolute Gasteiger partial charge is 0.497 e. The third-order valence-electron chi connectivity index (χ3n) is 4.25. The van der Waals surface area contributed by atoms with Crippen molar-refractivity contribution >= 4 is 17.2 Å². The van der Waals surface area contributed by atoms with Gasteiger partial charge in [-0.15, -0.1) is 11.3 Å². The first kappa shape index (κ1) is 15.8. The predicted octanol–water partition coefficient (Wildman–Crippen LogP) is 3.45. The number of benzene rings is 1. The van der Waals surface area contributed by atoms with Gasteiger partial charge in [0.25, 0.3) is 5.91 Å².